The molecule has 0 bridgehead atoms. The first kappa shape index (κ1) is 15.9. The second kappa shape index (κ2) is 7.00. The topological polar surface area (TPSA) is 55.6 Å². The molecule has 4 nitrogen and oxygen atoms in total. The lowest BCUT2D eigenvalue weighted by Crippen LogP contribution is -2.51. The maximum atomic E-state index is 13.8. The molecule has 3 atom stereocenters. The number of benzene rings is 1. The number of ether oxygens (including phenoxy) is 1. The average Bonchev–Trinajstić information content (AvgIpc) is 2.53. The highest BCUT2D eigenvalue weighted by atomic mass is 19.1. The van der Waals surface area contributed by atoms with Gasteiger partial charge in [0.2, 0.25) is 5.91 Å². The Kier molecular flexibility index (Phi) is 5.31. The van der Waals surface area contributed by atoms with Gasteiger partial charge in [-0.1, -0.05) is 38.5 Å². The lowest BCUT2D eigenvalue weighted by atomic mass is 9.98. The van der Waals surface area contributed by atoms with Crippen molar-refractivity contribution >= 4 is 5.91 Å². The highest BCUT2D eigenvalue weighted by Crippen LogP contribution is 2.25. The fraction of sp³-hybridized carbons (Fsp3) is 0.562. The van der Waals surface area contributed by atoms with Crippen LogP contribution in [0, 0.1) is 11.7 Å². The van der Waals surface area contributed by atoms with Crippen molar-refractivity contribution in [2.24, 2.45) is 11.7 Å². The molecular weight excluding hydrogens is 271 g/mol. The molecule has 0 aromatic heterocycles. The first-order valence-corrected chi connectivity index (χ1v) is 7.45. The first-order chi connectivity index (χ1) is 10.0. The van der Waals surface area contributed by atoms with Gasteiger partial charge in [-0.3, -0.25) is 4.79 Å². The summed E-state index contributed by atoms with van der Waals surface area (Å²) >= 11 is 0. The van der Waals surface area contributed by atoms with E-state index in [2.05, 4.69) is 0 Å². The molecule has 0 spiro atoms. The average molecular weight is 294 g/mol. The first-order valence-electron chi connectivity index (χ1n) is 7.45. The van der Waals surface area contributed by atoms with Gasteiger partial charge < -0.3 is 15.4 Å². The number of halogens is 1. The van der Waals surface area contributed by atoms with Crippen LogP contribution in [-0.2, 0) is 9.53 Å². The Balaban J connectivity index is 2.07. The van der Waals surface area contributed by atoms with Gasteiger partial charge in [0.25, 0.3) is 0 Å². The van der Waals surface area contributed by atoms with E-state index in [-0.39, 0.29) is 17.6 Å². The summed E-state index contributed by atoms with van der Waals surface area (Å²) in [5, 5.41) is 0. The minimum atomic E-state index is -0.505. The summed E-state index contributed by atoms with van der Waals surface area (Å²) in [4.78, 5) is 14.1. The van der Waals surface area contributed by atoms with Gasteiger partial charge in [0, 0.05) is 12.1 Å². The Morgan fingerprint density at radius 2 is 2.24 bits per heavy atom. The summed E-state index contributed by atoms with van der Waals surface area (Å²) < 4.78 is 19.5. The van der Waals surface area contributed by atoms with Gasteiger partial charge in [-0.2, -0.15) is 0 Å². The van der Waals surface area contributed by atoms with Crippen LogP contribution < -0.4 is 5.73 Å². The van der Waals surface area contributed by atoms with Crippen LogP contribution in [0.5, 0.6) is 0 Å². The molecule has 1 aliphatic rings. The molecule has 0 aliphatic carbocycles. The molecule has 0 radical (unpaired) electrons. The number of morpholine rings is 1. The second-order valence-corrected chi connectivity index (χ2v) is 5.58. The van der Waals surface area contributed by atoms with Gasteiger partial charge in [-0.05, 0) is 12.0 Å². The van der Waals surface area contributed by atoms with Gasteiger partial charge in [0.15, 0.2) is 0 Å². The Morgan fingerprint density at radius 3 is 2.90 bits per heavy atom. The van der Waals surface area contributed by atoms with Crippen LogP contribution in [0.25, 0.3) is 0 Å². The summed E-state index contributed by atoms with van der Waals surface area (Å²) in [6, 6.07) is 6.01. The quantitative estimate of drug-likeness (QED) is 0.925. The third kappa shape index (κ3) is 3.60. The normalized spacial score (nSPS) is 21.9. The van der Waals surface area contributed by atoms with E-state index in [9.17, 15) is 9.18 Å². The summed E-state index contributed by atoms with van der Waals surface area (Å²) in [6.07, 6.45) is 0.432. The zero-order chi connectivity index (χ0) is 15.4. The van der Waals surface area contributed by atoms with Gasteiger partial charge >= 0.3 is 0 Å². The number of nitrogens with two attached hydrogens (primary N) is 1. The lowest BCUT2D eigenvalue weighted by molar-refractivity contribution is -0.141. The van der Waals surface area contributed by atoms with E-state index in [0.717, 1.165) is 6.42 Å². The fourth-order valence-corrected chi connectivity index (χ4v) is 2.48. The molecule has 1 aromatic rings. The highest BCUT2D eigenvalue weighted by Gasteiger charge is 2.31. The molecular formula is C16H23FN2O2. The van der Waals surface area contributed by atoms with Crippen molar-refractivity contribution in [1.82, 2.24) is 4.90 Å². The SMILES string of the molecule is CCC(C)C(N)C(=O)N1CCOC(c2ccccc2F)C1. The van der Waals surface area contributed by atoms with Crippen molar-refractivity contribution in [2.75, 3.05) is 19.7 Å². The zero-order valence-electron chi connectivity index (χ0n) is 12.6. The molecule has 3 unspecified atom stereocenters. The van der Waals surface area contributed by atoms with Crippen molar-refractivity contribution in [2.45, 2.75) is 32.4 Å². The van der Waals surface area contributed by atoms with Crippen molar-refractivity contribution in [3.05, 3.63) is 35.6 Å². The Bertz CT molecular complexity index is 495. The number of rotatable bonds is 4. The third-order valence-corrected chi connectivity index (χ3v) is 4.17. The van der Waals surface area contributed by atoms with Crippen molar-refractivity contribution in [3.63, 3.8) is 0 Å². The van der Waals surface area contributed by atoms with Crippen molar-refractivity contribution in [1.29, 1.82) is 0 Å². The minimum Gasteiger partial charge on any atom is -0.370 e. The smallest absolute Gasteiger partial charge is 0.239 e. The van der Waals surface area contributed by atoms with E-state index in [1.54, 1.807) is 23.1 Å². The number of nitrogens with zero attached hydrogens (tertiary/aromatic N) is 1. The molecule has 2 N–H and O–H groups in total. The number of hydrogen-bond acceptors (Lipinski definition) is 3. The maximum absolute atomic E-state index is 13.8. The fourth-order valence-electron chi connectivity index (χ4n) is 2.48. The molecule has 1 fully saturated rings. The van der Waals surface area contributed by atoms with Gasteiger partial charge in [0.05, 0.1) is 19.2 Å². The molecule has 1 amide bonds. The number of carbonyl (C=O) groups excluding carboxylic acids is 1. The van der Waals surface area contributed by atoms with E-state index in [1.807, 2.05) is 13.8 Å². The molecule has 2 rings (SSSR count). The van der Waals surface area contributed by atoms with Gasteiger partial charge in [0.1, 0.15) is 11.9 Å². The molecule has 0 saturated carbocycles. The number of hydrogen-bond donors (Lipinski definition) is 1. The van der Waals surface area contributed by atoms with Crippen LogP contribution in [0.2, 0.25) is 0 Å². The van der Waals surface area contributed by atoms with Crippen molar-refractivity contribution < 1.29 is 13.9 Å². The predicted octanol–water partition coefficient (Wildman–Crippen LogP) is 2.10. The van der Waals surface area contributed by atoms with Crippen LogP contribution in [-0.4, -0.2) is 36.5 Å². The van der Waals surface area contributed by atoms with E-state index in [0.29, 0.717) is 25.3 Å². The van der Waals surface area contributed by atoms with Gasteiger partial charge in [-0.25, -0.2) is 4.39 Å². The molecule has 1 heterocycles. The Labute approximate surface area is 125 Å². The molecule has 1 saturated heterocycles. The summed E-state index contributed by atoms with van der Waals surface area (Å²) in [7, 11) is 0. The van der Waals surface area contributed by atoms with Crippen LogP contribution >= 0.6 is 0 Å². The van der Waals surface area contributed by atoms with E-state index >= 15 is 0 Å². The summed E-state index contributed by atoms with van der Waals surface area (Å²) in [6.45, 7) is 5.24. The number of carbonyl (C=O) groups is 1. The second-order valence-electron chi connectivity index (χ2n) is 5.58. The molecule has 5 heteroatoms. The predicted molar refractivity (Wildman–Crippen MR) is 79.1 cm³/mol. The van der Waals surface area contributed by atoms with Crippen LogP contribution in [0.3, 0.4) is 0 Å². The van der Waals surface area contributed by atoms with Gasteiger partial charge in [-0.15, -0.1) is 0 Å². The lowest BCUT2D eigenvalue weighted by Gasteiger charge is -2.35. The van der Waals surface area contributed by atoms with Crippen molar-refractivity contribution in [3.8, 4) is 0 Å². The van der Waals surface area contributed by atoms with E-state index in [4.69, 9.17) is 10.5 Å². The molecule has 1 aromatic carbocycles. The molecule has 116 valence electrons. The van der Waals surface area contributed by atoms with E-state index in [1.165, 1.54) is 6.07 Å². The van der Waals surface area contributed by atoms with E-state index < -0.39 is 12.1 Å². The highest BCUT2D eigenvalue weighted by molar-refractivity contribution is 5.82. The summed E-state index contributed by atoms with van der Waals surface area (Å²) in [5.41, 5.74) is 6.50. The van der Waals surface area contributed by atoms with Crippen LogP contribution in [0.1, 0.15) is 31.9 Å². The molecule has 1 aliphatic heterocycles. The van der Waals surface area contributed by atoms with Crippen LogP contribution in [0.15, 0.2) is 24.3 Å². The Morgan fingerprint density at radius 1 is 1.52 bits per heavy atom. The maximum Gasteiger partial charge on any atom is 0.239 e. The largest absolute Gasteiger partial charge is 0.370 e. The Hall–Kier alpha value is -1.46. The summed E-state index contributed by atoms with van der Waals surface area (Å²) in [5.74, 6) is -0.246. The van der Waals surface area contributed by atoms with Crippen LogP contribution in [0.4, 0.5) is 4.39 Å². The number of amides is 1. The zero-order valence-corrected chi connectivity index (χ0v) is 12.6. The monoisotopic (exact) mass is 294 g/mol. The standard InChI is InChI=1S/C16H23FN2O2/c1-3-11(2)15(18)16(20)19-8-9-21-14(10-19)12-6-4-5-7-13(12)17/h4-7,11,14-15H,3,8-10,18H2,1-2H3. The molecule has 21 heavy (non-hydrogen) atoms. The minimum absolute atomic E-state index is 0.0750. The third-order valence-electron chi connectivity index (χ3n) is 4.17.